The first kappa shape index (κ1) is 16.1. The molecule has 0 heterocycles. The lowest BCUT2D eigenvalue weighted by atomic mass is 10.1. The average Bonchev–Trinajstić information content (AvgIpc) is 2.23. The minimum Gasteiger partial charge on any atom is -0.449 e. The van der Waals surface area contributed by atoms with E-state index in [0.29, 0.717) is 18.9 Å². The van der Waals surface area contributed by atoms with Crippen LogP contribution in [0.25, 0.3) is 0 Å². The van der Waals surface area contributed by atoms with Gasteiger partial charge in [-0.2, -0.15) is 13.1 Å². The van der Waals surface area contributed by atoms with E-state index in [1.807, 2.05) is 6.92 Å². The molecule has 0 aromatic carbocycles. The van der Waals surface area contributed by atoms with E-state index in [0.717, 1.165) is 6.42 Å². The molecule has 1 atom stereocenters. The summed E-state index contributed by atoms with van der Waals surface area (Å²) in [6.45, 7) is 4.54. The second-order valence-electron chi connectivity index (χ2n) is 3.70. The Morgan fingerprint density at radius 3 is 2.65 bits per heavy atom. The van der Waals surface area contributed by atoms with E-state index in [4.69, 9.17) is 5.73 Å². The Kier molecular flexibility index (Phi) is 7.85. The molecular formula is C9H21N3O4S. The van der Waals surface area contributed by atoms with Gasteiger partial charge in [-0.25, -0.2) is 9.52 Å². The summed E-state index contributed by atoms with van der Waals surface area (Å²) in [4.78, 5) is 10.9. The molecule has 0 bridgehead atoms. The van der Waals surface area contributed by atoms with E-state index in [1.54, 1.807) is 11.6 Å². The van der Waals surface area contributed by atoms with Crippen LogP contribution in [-0.4, -0.2) is 34.2 Å². The first-order valence-electron chi connectivity index (χ1n) is 5.55. The lowest BCUT2D eigenvalue weighted by Gasteiger charge is -2.10. The van der Waals surface area contributed by atoms with Crippen molar-refractivity contribution in [2.24, 2.45) is 11.7 Å². The Balaban J connectivity index is 3.83. The molecule has 0 fully saturated rings. The molecule has 1 amide bonds. The molecule has 0 aliphatic heterocycles. The van der Waals surface area contributed by atoms with Crippen LogP contribution in [0, 0.1) is 5.92 Å². The number of carbonyl (C=O) groups excluding carboxylic acids is 1. The Morgan fingerprint density at radius 2 is 2.12 bits per heavy atom. The van der Waals surface area contributed by atoms with Gasteiger partial charge in [-0.05, 0) is 32.2 Å². The first-order chi connectivity index (χ1) is 7.91. The molecule has 0 spiro atoms. The van der Waals surface area contributed by atoms with Gasteiger partial charge in [0.05, 0.1) is 6.61 Å². The van der Waals surface area contributed by atoms with E-state index in [-0.39, 0.29) is 13.2 Å². The van der Waals surface area contributed by atoms with Crippen molar-refractivity contribution in [1.29, 1.82) is 0 Å². The molecule has 102 valence electrons. The Labute approximate surface area is 102 Å². The van der Waals surface area contributed by atoms with Crippen molar-refractivity contribution in [1.82, 2.24) is 9.44 Å². The molecule has 0 saturated heterocycles. The lowest BCUT2D eigenvalue weighted by molar-refractivity contribution is 0.158. The SMILES string of the molecule is CCOC(=O)NS(=O)(=O)NCCCC(C)CN. The maximum Gasteiger partial charge on any atom is 0.421 e. The molecule has 0 saturated carbocycles. The van der Waals surface area contributed by atoms with E-state index in [2.05, 4.69) is 9.46 Å². The fourth-order valence-corrected chi connectivity index (χ4v) is 1.84. The van der Waals surface area contributed by atoms with Gasteiger partial charge in [-0.1, -0.05) is 6.92 Å². The van der Waals surface area contributed by atoms with Crippen LogP contribution in [0.2, 0.25) is 0 Å². The van der Waals surface area contributed by atoms with E-state index in [1.165, 1.54) is 0 Å². The third-order valence-electron chi connectivity index (χ3n) is 2.06. The van der Waals surface area contributed by atoms with Crippen LogP contribution < -0.4 is 15.2 Å². The fourth-order valence-electron chi connectivity index (χ4n) is 1.08. The summed E-state index contributed by atoms with van der Waals surface area (Å²) in [6, 6.07) is 0. The highest BCUT2D eigenvalue weighted by atomic mass is 32.2. The fraction of sp³-hybridized carbons (Fsp3) is 0.889. The molecule has 0 aliphatic carbocycles. The third-order valence-corrected chi connectivity index (χ3v) is 3.08. The highest BCUT2D eigenvalue weighted by molar-refractivity contribution is 7.88. The number of nitrogens with one attached hydrogen (secondary N) is 2. The van der Waals surface area contributed by atoms with Crippen molar-refractivity contribution < 1.29 is 17.9 Å². The zero-order chi connectivity index (χ0) is 13.3. The lowest BCUT2D eigenvalue weighted by Crippen LogP contribution is -2.41. The van der Waals surface area contributed by atoms with Crippen molar-refractivity contribution in [2.45, 2.75) is 26.7 Å². The van der Waals surface area contributed by atoms with Gasteiger partial charge in [0.25, 0.3) is 0 Å². The van der Waals surface area contributed by atoms with Gasteiger partial charge in [-0.3, -0.25) is 0 Å². The number of amides is 1. The summed E-state index contributed by atoms with van der Waals surface area (Å²) in [7, 11) is -3.81. The molecule has 17 heavy (non-hydrogen) atoms. The van der Waals surface area contributed by atoms with Crippen LogP contribution in [0.1, 0.15) is 26.7 Å². The second-order valence-corrected chi connectivity index (χ2v) is 5.20. The number of hydrogen-bond donors (Lipinski definition) is 3. The number of carbonyl (C=O) groups is 1. The number of nitrogens with two attached hydrogens (primary N) is 1. The minimum atomic E-state index is -3.81. The highest BCUT2D eigenvalue weighted by Crippen LogP contribution is 2.01. The second kappa shape index (κ2) is 8.26. The quantitative estimate of drug-likeness (QED) is 0.534. The summed E-state index contributed by atoms with van der Waals surface area (Å²) in [5.74, 6) is 0.359. The molecule has 0 rings (SSSR count). The highest BCUT2D eigenvalue weighted by Gasteiger charge is 2.13. The zero-order valence-electron chi connectivity index (χ0n) is 10.2. The van der Waals surface area contributed by atoms with Crippen LogP contribution in [0.15, 0.2) is 0 Å². The predicted octanol–water partition coefficient (Wildman–Crippen LogP) is -0.0581. The van der Waals surface area contributed by atoms with Gasteiger partial charge < -0.3 is 10.5 Å². The Bertz CT molecular complexity index is 318. The monoisotopic (exact) mass is 267 g/mol. The Morgan fingerprint density at radius 1 is 1.47 bits per heavy atom. The molecule has 7 nitrogen and oxygen atoms in total. The van der Waals surface area contributed by atoms with Crippen LogP contribution in [0.3, 0.4) is 0 Å². The largest absolute Gasteiger partial charge is 0.449 e. The molecule has 0 aliphatic rings. The van der Waals surface area contributed by atoms with E-state index >= 15 is 0 Å². The van der Waals surface area contributed by atoms with Crippen molar-refractivity contribution in [3.05, 3.63) is 0 Å². The Hall–Kier alpha value is -0.860. The number of hydrogen-bond acceptors (Lipinski definition) is 5. The maximum absolute atomic E-state index is 11.3. The summed E-state index contributed by atoms with van der Waals surface area (Å²) in [5.41, 5.74) is 5.43. The number of rotatable bonds is 8. The molecule has 0 radical (unpaired) electrons. The topological polar surface area (TPSA) is 111 Å². The molecule has 4 N–H and O–H groups in total. The van der Waals surface area contributed by atoms with Gasteiger partial charge in [0, 0.05) is 6.54 Å². The smallest absolute Gasteiger partial charge is 0.421 e. The first-order valence-corrected chi connectivity index (χ1v) is 7.03. The normalized spacial score (nSPS) is 13.1. The zero-order valence-corrected chi connectivity index (χ0v) is 11.0. The van der Waals surface area contributed by atoms with Crippen molar-refractivity contribution in [3.63, 3.8) is 0 Å². The van der Waals surface area contributed by atoms with Crippen molar-refractivity contribution in [2.75, 3.05) is 19.7 Å². The van der Waals surface area contributed by atoms with Gasteiger partial charge >= 0.3 is 16.3 Å². The molecular weight excluding hydrogens is 246 g/mol. The third kappa shape index (κ3) is 8.90. The maximum atomic E-state index is 11.3. The molecule has 1 unspecified atom stereocenters. The van der Waals surface area contributed by atoms with Crippen LogP contribution >= 0.6 is 0 Å². The standard InChI is InChI=1S/C9H21N3O4S/c1-3-16-9(13)12-17(14,15)11-6-4-5-8(2)7-10/h8,11H,3-7,10H2,1-2H3,(H,12,13). The van der Waals surface area contributed by atoms with Gasteiger partial charge in [0.2, 0.25) is 0 Å². The average molecular weight is 267 g/mol. The molecule has 0 aromatic heterocycles. The summed E-state index contributed by atoms with van der Waals surface area (Å²) < 4.78 is 31.0. The van der Waals surface area contributed by atoms with Crippen LogP contribution in [0.4, 0.5) is 4.79 Å². The van der Waals surface area contributed by atoms with Crippen LogP contribution in [0.5, 0.6) is 0 Å². The van der Waals surface area contributed by atoms with E-state index in [9.17, 15) is 13.2 Å². The predicted molar refractivity (Wildman–Crippen MR) is 64.5 cm³/mol. The summed E-state index contributed by atoms with van der Waals surface area (Å²) in [5, 5.41) is 0. The van der Waals surface area contributed by atoms with Crippen molar-refractivity contribution >= 4 is 16.3 Å². The molecule has 8 heteroatoms. The molecule has 0 aromatic rings. The number of ether oxygens (including phenoxy) is 1. The van der Waals surface area contributed by atoms with Crippen molar-refractivity contribution in [3.8, 4) is 0 Å². The van der Waals surface area contributed by atoms with Gasteiger partial charge in [0.15, 0.2) is 0 Å². The summed E-state index contributed by atoms with van der Waals surface area (Å²) in [6.07, 6.45) is 0.524. The minimum absolute atomic E-state index is 0.120. The van der Waals surface area contributed by atoms with Crippen LogP contribution in [-0.2, 0) is 14.9 Å². The summed E-state index contributed by atoms with van der Waals surface area (Å²) >= 11 is 0. The van der Waals surface area contributed by atoms with Gasteiger partial charge in [0.1, 0.15) is 0 Å². The van der Waals surface area contributed by atoms with E-state index < -0.39 is 16.3 Å². The van der Waals surface area contributed by atoms with Gasteiger partial charge in [-0.15, -0.1) is 0 Å².